The van der Waals surface area contributed by atoms with Crippen LogP contribution in [0.3, 0.4) is 0 Å². The van der Waals surface area contributed by atoms with E-state index in [2.05, 4.69) is 15.0 Å². The fourth-order valence-electron chi connectivity index (χ4n) is 4.24. The van der Waals surface area contributed by atoms with Gasteiger partial charge in [-0.25, -0.2) is 0 Å². The summed E-state index contributed by atoms with van der Waals surface area (Å²) in [6.45, 7) is 1.79. The maximum absolute atomic E-state index is 12.3. The van der Waals surface area contributed by atoms with Crippen molar-refractivity contribution in [3.8, 4) is 5.75 Å². The molecule has 1 fully saturated rings. The van der Waals surface area contributed by atoms with Crippen molar-refractivity contribution in [3.05, 3.63) is 71.5 Å². The van der Waals surface area contributed by atoms with E-state index >= 15 is 0 Å². The van der Waals surface area contributed by atoms with E-state index in [1.165, 1.54) is 18.2 Å². The van der Waals surface area contributed by atoms with Crippen LogP contribution in [-0.2, 0) is 16.1 Å². The lowest BCUT2D eigenvalue weighted by Crippen LogP contribution is -2.37. The van der Waals surface area contributed by atoms with Crippen molar-refractivity contribution in [2.45, 2.75) is 43.9 Å². The van der Waals surface area contributed by atoms with Gasteiger partial charge in [-0.05, 0) is 60.2 Å². The zero-order valence-corrected chi connectivity index (χ0v) is 18.9. The fraction of sp³-hybridized carbons (Fsp3) is 0.400. The van der Waals surface area contributed by atoms with Crippen molar-refractivity contribution in [1.82, 2.24) is 5.32 Å². The second-order valence-corrected chi connectivity index (χ2v) is 8.63. The molecule has 35 heavy (non-hydrogen) atoms. The molecule has 188 valence electrons. The topological polar surface area (TPSA) is 91.3 Å². The van der Waals surface area contributed by atoms with Gasteiger partial charge < -0.3 is 29.9 Å². The van der Waals surface area contributed by atoms with Crippen molar-refractivity contribution in [2.24, 2.45) is 0 Å². The Morgan fingerprint density at radius 2 is 1.71 bits per heavy atom. The predicted molar refractivity (Wildman–Crippen MR) is 122 cm³/mol. The summed E-state index contributed by atoms with van der Waals surface area (Å²) in [7, 11) is 0. The maximum Gasteiger partial charge on any atom is 0.573 e. The monoisotopic (exact) mass is 492 g/mol. The molecule has 7 nitrogen and oxygen atoms in total. The van der Waals surface area contributed by atoms with Gasteiger partial charge in [0.15, 0.2) is 5.76 Å². The number of hydrogen-bond acceptors (Lipinski definition) is 6. The van der Waals surface area contributed by atoms with Crippen LogP contribution in [0, 0.1) is 0 Å². The third kappa shape index (κ3) is 6.67. The first-order valence-electron chi connectivity index (χ1n) is 11.4. The van der Waals surface area contributed by atoms with E-state index in [0.717, 1.165) is 42.7 Å². The number of nitrogens with zero attached hydrogens (tertiary/aromatic N) is 1. The molecule has 1 amide bonds. The van der Waals surface area contributed by atoms with Crippen LogP contribution in [0.15, 0.2) is 60.4 Å². The molecule has 1 saturated heterocycles. The van der Waals surface area contributed by atoms with E-state index in [1.54, 1.807) is 12.1 Å². The van der Waals surface area contributed by atoms with Crippen molar-refractivity contribution in [1.29, 1.82) is 0 Å². The highest BCUT2D eigenvalue weighted by atomic mass is 19.4. The molecule has 2 aromatic rings. The SMILES string of the molecule is O=C(NCc1ccc(N2CCC(c3ccc(OC(F)(F)F)cc3)CC2)cc1)C1=CC(O)C(O)CO1. The predicted octanol–water partition coefficient (Wildman–Crippen LogP) is 3.22. The second-order valence-electron chi connectivity index (χ2n) is 8.63. The fourth-order valence-corrected chi connectivity index (χ4v) is 4.24. The first kappa shape index (κ1) is 24.9. The molecule has 2 unspecified atom stereocenters. The lowest BCUT2D eigenvalue weighted by atomic mass is 9.89. The molecule has 4 rings (SSSR count). The molecule has 0 aliphatic carbocycles. The van der Waals surface area contributed by atoms with Crippen LogP contribution >= 0.6 is 0 Å². The first-order chi connectivity index (χ1) is 16.7. The lowest BCUT2D eigenvalue weighted by molar-refractivity contribution is -0.274. The highest BCUT2D eigenvalue weighted by Crippen LogP contribution is 2.32. The summed E-state index contributed by atoms with van der Waals surface area (Å²) in [4.78, 5) is 14.5. The summed E-state index contributed by atoms with van der Waals surface area (Å²) in [6.07, 6.45) is -3.90. The number of rotatable bonds is 6. The van der Waals surface area contributed by atoms with Gasteiger partial charge in [0.05, 0.1) is 0 Å². The number of ether oxygens (including phenoxy) is 2. The van der Waals surface area contributed by atoms with Gasteiger partial charge in [0.2, 0.25) is 0 Å². The van der Waals surface area contributed by atoms with Crippen molar-refractivity contribution in [3.63, 3.8) is 0 Å². The first-order valence-corrected chi connectivity index (χ1v) is 11.4. The van der Waals surface area contributed by atoms with Crippen LogP contribution in [-0.4, -0.2) is 54.4 Å². The van der Waals surface area contributed by atoms with Gasteiger partial charge in [-0.15, -0.1) is 13.2 Å². The van der Waals surface area contributed by atoms with Crippen molar-refractivity contribution >= 4 is 11.6 Å². The molecule has 2 atom stereocenters. The van der Waals surface area contributed by atoms with Gasteiger partial charge in [0.25, 0.3) is 5.91 Å². The molecule has 0 spiro atoms. The number of anilines is 1. The lowest BCUT2D eigenvalue weighted by Gasteiger charge is -2.34. The molecule has 2 heterocycles. The molecule has 2 aliphatic rings. The maximum atomic E-state index is 12.3. The summed E-state index contributed by atoms with van der Waals surface area (Å²) in [5.41, 5.74) is 2.96. The van der Waals surface area contributed by atoms with E-state index in [-0.39, 0.29) is 30.6 Å². The summed E-state index contributed by atoms with van der Waals surface area (Å²) >= 11 is 0. The van der Waals surface area contributed by atoms with E-state index in [4.69, 9.17) is 4.74 Å². The van der Waals surface area contributed by atoms with Gasteiger partial charge in [0.1, 0.15) is 24.6 Å². The second kappa shape index (κ2) is 10.6. The number of hydrogen-bond donors (Lipinski definition) is 3. The summed E-state index contributed by atoms with van der Waals surface area (Å²) < 4.78 is 46.1. The number of amides is 1. The van der Waals surface area contributed by atoms with Crippen molar-refractivity contribution in [2.75, 3.05) is 24.6 Å². The Hall–Kier alpha value is -3.24. The summed E-state index contributed by atoms with van der Waals surface area (Å²) in [5.74, 6) is -0.407. The molecule has 2 aromatic carbocycles. The number of carbonyl (C=O) groups is 1. The zero-order chi connectivity index (χ0) is 25.0. The molecule has 0 aromatic heterocycles. The van der Waals surface area contributed by atoms with Gasteiger partial charge in [0, 0.05) is 25.3 Å². The minimum atomic E-state index is -4.69. The van der Waals surface area contributed by atoms with Crippen LogP contribution in [0.4, 0.5) is 18.9 Å². The Labute approximate surface area is 200 Å². The van der Waals surface area contributed by atoms with Crippen LogP contribution in [0.5, 0.6) is 5.75 Å². The van der Waals surface area contributed by atoms with E-state index in [9.17, 15) is 28.2 Å². The van der Waals surface area contributed by atoms with Crippen LogP contribution in [0.2, 0.25) is 0 Å². The number of piperidine rings is 1. The largest absolute Gasteiger partial charge is 0.573 e. The molecule has 0 saturated carbocycles. The summed E-state index contributed by atoms with van der Waals surface area (Å²) in [6, 6.07) is 13.9. The van der Waals surface area contributed by atoms with Gasteiger partial charge in [-0.2, -0.15) is 0 Å². The molecule has 2 aliphatic heterocycles. The standard InChI is InChI=1S/C25H27F3N2O5/c26-25(27,28)35-20-7-3-17(4-8-20)18-9-11-30(12-10-18)19-5-1-16(2-6-19)14-29-24(33)23-13-21(31)22(32)15-34-23/h1-8,13,18,21-22,31-32H,9-12,14-15H2,(H,29,33). The van der Waals surface area contributed by atoms with Gasteiger partial charge in [-0.1, -0.05) is 24.3 Å². The quantitative estimate of drug-likeness (QED) is 0.574. The van der Waals surface area contributed by atoms with Crippen molar-refractivity contribution < 1.29 is 37.7 Å². The Morgan fingerprint density at radius 3 is 2.31 bits per heavy atom. The number of carbonyl (C=O) groups excluding carboxylic acids is 1. The molecule has 10 heteroatoms. The highest BCUT2D eigenvalue weighted by Gasteiger charge is 2.31. The minimum Gasteiger partial charge on any atom is -0.485 e. The van der Waals surface area contributed by atoms with Gasteiger partial charge in [-0.3, -0.25) is 4.79 Å². The van der Waals surface area contributed by atoms with Gasteiger partial charge >= 0.3 is 6.36 Å². The Bertz CT molecular complexity index is 1030. The number of benzene rings is 2. The minimum absolute atomic E-state index is 0.00944. The third-order valence-corrected chi connectivity index (χ3v) is 6.18. The van der Waals surface area contributed by atoms with Crippen LogP contribution < -0.4 is 15.0 Å². The Kier molecular flexibility index (Phi) is 7.51. The number of halogens is 3. The average molecular weight is 492 g/mol. The molecule has 0 radical (unpaired) electrons. The van der Waals surface area contributed by atoms with Crippen LogP contribution in [0.25, 0.3) is 0 Å². The number of alkyl halides is 3. The average Bonchev–Trinajstić information content (AvgIpc) is 2.84. The Morgan fingerprint density at radius 1 is 1.06 bits per heavy atom. The normalized spacial score (nSPS) is 21.2. The van der Waals surface area contributed by atoms with E-state index < -0.39 is 24.5 Å². The smallest absolute Gasteiger partial charge is 0.485 e. The number of aliphatic hydroxyl groups excluding tert-OH is 2. The summed E-state index contributed by atoms with van der Waals surface area (Å²) in [5, 5.41) is 21.8. The molecule has 3 N–H and O–H groups in total. The molecular weight excluding hydrogens is 465 g/mol. The molecule has 0 bridgehead atoms. The zero-order valence-electron chi connectivity index (χ0n) is 18.9. The Balaban J connectivity index is 1.25. The third-order valence-electron chi connectivity index (χ3n) is 6.18. The highest BCUT2D eigenvalue weighted by molar-refractivity contribution is 5.91. The van der Waals surface area contributed by atoms with E-state index in [1.807, 2.05) is 24.3 Å². The number of nitrogens with one attached hydrogen (secondary N) is 1. The van der Waals surface area contributed by atoms with E-state index in [0.29, 0.717) is 0 Å². The molecular formula is C25H27F3N2O5. The number of aliphatic hydroxyl groups is 2. The van der Waals surface area contributed by atoms with Crippen LogP contribution in [0.1, 0.15) is 29.9 Å².